The van der Waals surface area contributed by atoms with Crippen molar-refractivity contribution >= 4 is 46.4 Å². The lowest BCUT2D eigenvalue weighted by Crippen LogP contribution is -2.28. The fourth-order valence-electron chi connectivity index (χ4n) is 3.94. The highest BCUT2D eigenvalue weighted by Gasteiger charge is 2.20. The molecule has 3 aromatic rings. The second-order valence-electron chi connectivity index (χ2n) is 11.6. The molecule has 0 saturated heterocycles. The number of ether oxygens (including phenoxy) is 4. The zero-order valence-electron chi connectivity index (χ0n) is 25.3. The van der Waals surface area contributed by atoms with E-state index in [0.29, 0.717) is 24.5 Å². The molecule has 0 unspecified atom stereocenters. The summed E-state index contributed by atoms with van der Waals surface area (Å²) in [7, 11) is 0. The maximum absolute atomic E-state index is 12.1. The normalized spacial score (nSPS) is 11.4. The SMILES string of the molecule is CC(C)(C)OC(=O)OCCN(c1ccc(N)cc1)c1ccc(N(CCOC(=O)OC(C)(C)C)c2ccc(N)cc2)cc1. The largest absolute Gasteiger partial charge is 0.508 e. The molecule has 3 rings (SSSR count). The second-order valence-corrected chi connectivity index (χ2v) is 11.6. The highest BCUT2D eigenvalue weighted by Crippen LogP contribution is 2.31. The van der Waals surface area contributed by atoms with E-state index in [1.165, 1.54) is 0 Å². The lowest BCUT2D eigenvalue weighted by Gasteiger charge is -2.28. The summed E-state index contributed by atoms with van der Waals surface area (Å²) in [5, 5.41) is 0. The molecule has 10 heteroatoms. The van der Waals surface area contributed by atoms with E-state index < -0.39 is 23.5 Å². The number of nitrogens with two attached hydrogens (primary N) is 2. The average Bonchev–Trinajstić information content (AvgIpc) is 2.89. The van der Waals surface area contributed by atoms with Crippen molar-refractivity contribution in [1.29, 1.82) is 0 Å². The third kappa shape index (κ3) is 10.4. The zero-order valence-corrected chi connectivity index (χ0v) is 25.3. The van der Waals surface area contributed by atoms with Gasteiger partial charge in [-0.15, -0.1) is 0 Å². The molecule has 226 valence electrons. The average molecular weight is 579 g/mol. The van der Waals surface area contributed by atoms with Crippen molar-refractivity contribution in [3.63, 3.8) is 0 Å². The Morgan fingerprint density at radius 1 is 0.548 bits per heavy atom. The summed E-state index contributed by atoms with van der Waals surface area (Å²) in [5.41, 5.74) is 15.3. The maximum Gasteiger partial charge on any atom is 0.508 e. The Morgan fingerprint density at radius 3 is 1.07 bits per heavy atom. The molecule has 0 aliphatic heterocycles. The van der Waals surface area contributed by atoms with Gasteiger partial charge in [0.25, 0.3) is 0 Å². The number of nitrogen functional groups attached to an aromatic ring is 2. The molecule has 0 heterocycles. The molecule has 0 saturated carbocycles. The fourth-order valence-corrected chi connectivity index (χ4v) is 3.94. The minimum atomic E-state index is -0.720. The quantitative estimate of drug-likeness (QED) is 0.191. The molecule has 0 aliphatic carbocycles. The van der Waals surface area contributed by atoms with Gasteiger partial charge in [0.2, 0.25) is 0 Å². The number of hydrogen-bond donors (Lipinski definition) is 2. The molecule has 0 radical (unpaired) electrons. The molecular formula is C32H42N4O6. The van der Waals surface area contributed by atoms with Gasteiger partial charge in [-0.25, -0.2) is 9.59 Å². The van der Waals surface area contributed by atoms with Gasteiger partial charge < -0.3 is 40.2 Å². The van der Waals surface area contributed by atoms with E-state index in [-0.39, 0.29) is 13.2 Å². The molecule has 0 atom stereocenters. The molecule has 0 fully saturated rings. The molecule has 0 bridgehead atoms. The van der Waals surface area contributed by atoms with Gasteiger partial charge in [0.05, 0.1) is 13.1 Å². The number of carbonyl (C=O) groups excluding carboxylic acids is 2. The maximum atomic E-state index is 12.1. The Bertz CT molecular complexity index is 1190. The lowest BCUT2D eigenvalue weighted by molar-refractivity contribution is -0.00707. The topological polar surface area (TPSA) is 130 Å². The van der Waals surface area contributed by atoms with Gasteiger partial charge >= 0.3 is 12.3 Å². The molecule has 10 nitrogen and oxygen atoms in total. The first-order valence-electron chi connectivity index (χ1n) is 13.8. The molecule has 42 heavy (non-hydrogen) atoms. The molecule has 0 spiro atoms. The highest BCUT2D eigenvalue weighted by molar-refractivity contribution is 5.71. The smallest absolute Gasteiger partial charge is 0.432 e. The summed E-state index contributed by atoms with van der Waals surface area (Å²) in [6, 6.07) is 22.8. The van der Waals surface area contributed by atoms with Crippen molar-refractivity contribution in [3.8, 4) is 0 Å². The summed E-state index contributed by atoms with van der Waals surface area (Å²) in [6.07, 6.45) is -1.44. The second kappa shape index (κ2) is 13.8. The van der Waals surface area contributed by atoms with Crippen LogP contribution >= 0.6 is 0 Å². The predicted octanol–water partition coefficient (Wildman–Crippen LogP) is 7.03. The Kier molecular flexibility index (Phi) is 10.5. The van der Waals surface area contributed by atoms with E-state index >= 15 is 0 Å². The molecule has 0 amide bonds. The lowest BCUT2D eigenvalue weighted by atomic mass is 10.2. The first kappa shape index (κ1) is 31.9. The molecule has 4 N–H and O–H groups in total. The number of hydrogen-bond acceptors (Lipinski definition) is 10. The van der Waals surface area contributed by atoms with Crippen LogP contribution in [0.4, 0.5) is 43.7 Å². The number of benzene rings is 3. The van der Waals surface area contributed by atoms with Gasteiger partial charge in [0.1, 0.15) is 24.4 Å². The predicted molar refractivity (Wildman–Crippen MR) is 167 cm³/mol. The van der Waals surface area contributed by atoms with Crippen LogP contribution in [0.5, 0.6) is 0 Å². The van der Waals surface area contributed by atoms with Gasteiger partial charge in [-0.3, -0.25) is 0 Å². The van der Waals surface area contributed by atoms with E-state index in [4.69, 9.17) is 30.4 Å². The van der Waals surface area contributed by atoms with E-state index in [2.05, 4.69) is 0 Å². The number of carbonyl (C=O) groups is 2. The molecule has 3 aromatic carbocycles. The van der Waals surface area contributed by atoms with Crippen molar-refractivity contribution in [2.75, 3.05) is 47.6 Å². The number of rotatable bonds is 10. The van der Waals surface area contributed by atoms with Crippen LogP contribution in [0.2, 0.25) is 0 Å². The minimum Gasteiger partial charge on any atom is -0.432 e. The first-order chi connectivity index (χ1) is 19.7. The van der Waals surface area contributed by atoms with Gasteiger partial charge in [-0.05, 0) is 114 Å². The van der Waals surface area contributed by atoms with E-state index in [0.717, 1.165) is 22.7 Å². The number of nitrogens with zero attached hydrogens (tertiary/aromatic N) is 2. The van der Waals surface area contributed by atoms with Gasteiger partial charge in [-0.1, -0.05) is 0 Å². The van der Waals surface area contributed by atoms with Crippen LogP contribution in [0, 0.1) is 0 Å². The van der Waals surface area contributed by atoms with Gasteiger partial charge in [0, 0.05) is 34.1 Å². The molecule has 0 aromatic heterocycles. The van der Waals surface area contributed by atoms with E-state index in [1.807, 2.05) is 82.6 Å². The van der Waals surface area contributed by atoms with Crippen LogP contribution in [0.25, 0.3) is 0 Å². The fraction of sp³-hybridized carbons (Fsp3) is 0.375. The van der Waals surface area contributed by atoms with Gasteiger partial charge in [-0.2, -0.15) is 0 Å². The van der Waals surface area contributed by atoms with Crippen LogP contribution in [-0.2, 0) is 18.9 Å². The summed E-state index contributed by atoms with van der Waals surface area (Å²) < 4.78 is 21.2. The standard InChI is InChI=1S/C32H42N4O6/c1-31(2,3)41-29(37)39-21-19-35(25-11-7-23(33)8-12-25)27-15-17-28(18-16-27)36(26-13-9-24(34)10-14-26)20-22-40-30(38)42-32(4,5)6/h7-18H,19-22,33-34H2,1-6H3. The minimum absolute atomic E-state index is 0.112. The third-order valence-electron chi connectivity index (χ3n) is 5.73. The van der Waals surface area contributed by atoms with Crippen LogP contribution in [0.1, 0.15) is 41.5 Å². The van der Waals surface area contributed by atoms with Crippen LogP contribution < -0.4 is 21.3 Å². The van der Waals surface area contributed by atoms with Crippen molar-refractivity contribution < 1.29 is 28.5 Å². The summed E-state index contributed by atoms with van der Waals surface area (Å²) >= 11 is 0. The van der Waals surface area contributed by atoms with Crippen LogP contribution in [0.15, 0.2) is 72.8 Å². The third-order valence-corrected chi connectivity index (χ3v) is 5.73. The van der Waals surface area contributed by atoms with E-state index in [1.54, 1.807) is 41.5 Å². The Balaban J connectivity index is 1.80. The van der Waals surface area contributed by atoms with Crippen molar-refractivity contribution in [3.05, 3.63) is 72.8 Å². The molecular weight excluding hydrogens is 536 g/mol. The van der Waals surface area contributed by atoms with Crippen molar-refractivity contribution in [2.45, 2.75) is 52.7 Å². The van der Waals surface area contributed by atoms with Crippen LogP contribution in [0.3, 0.4) is 0 Å². The summed E-state index contributed by atoms with van der Waals surface area (Å²) in [4.78, 5) is 28.2. The van der Waals surface area contributed by atoms with Crippen molar-refractivity contribution in [1.82, 2.24) is 0 Å². The summed E-state index contributed by atoms with van der Waals surface area (Å²) in [5.74, 6) is 0. The van der Waals surface area contributed by atoms with Crippen molar-refractivity contribution in [2.24, 2.45) is 0 Å². The Hall–Kier alpha value is -4.60. The van der Waals surface area contributed by atoms with E-state index in [9.17, 15) is 9.59 Å². The van der Waals surface area contributed by atoms with Crippen LogP contribution in [-0.4, -0.2) is 49.8 Å². The monoisotopic (exact) mass is 578 g/mol. The Labute approximate surface area is 248 Å². The summed E-state index contributed by atoms with van der Waals surface area (Å²) in [6.45, 7) is 11.7. The molecule has 0 aliphatic rings. The zero-order chi connectivity index (χ0) is 30.9. The highest BCUT2D eigenvalue weighted by atomic mass is 16.7. The first-order valence-corrected chi connectivity index (χ1v) is 13.8. The van der Waals surface area contributed by atoms with Gasteiger partial charge in [0.15, 0.2) is 0 Å². The number of anilines is 6. The Morgan fingerprint density at radius 2 is 0.810 bits per heavy atom.